The van der Waals surface area contributed by atoms with Crippen LogP contribution < -0.4 is 5.32 Å². The molecule has 3 rings (SSSR count). The van der Waals surface area contributed by atoms with Gasteiger partial charge in [-0.15, -0.1) is 0 Å². The monoisotopic (exact) mass is 216 g/mol. The molecule has 1 fully saturated rings. The van der Waals surface area contributed by atoms with Crippen LogP contribution in [-0.2, 0) is 6.54 Å². The number of hydrogen-bond donors (Lipinski definition) is 1. The predicted octanol–water partition coefficient (Wildman–Crippen LogP) is 0.739. The maximum Gasteiger partial charge on any atom is 0.0664 e. The molecule has 16 heavy (non-hydrogen) atoms. The van der Waals surface area contributed by atoms with Gasteiger partial charge in [-0.2, -0.15) is 5.10 Å². The molecule has 0 aromatic carbocycles. The molecular formula is C12H16N4. The van der Waals surface area contributed by atoms with Gasteiger partial charge in [-0.05, 0) is 23.8 Å². The van der Waals surface area contributed by atoms with E-state index in [1.165, 1.54) is 11.1 Å². The van der Waals surface area contributed by atoms with E-state index in [9.17, 15) is 0 Å². The first-order valence-corrected chi connectivity index (χ1v) is 5.77. The number of nitrogens with one attached hydrogen (secondary N) is 1. The molecule has 4 heteroatoms. The van der Waals surface area contributed by atoms with Crippen LogP contribution in [0.1, 0.15) is 5.56 Å². The highest BCUT2D eigenvalue weighted by atomic mass is 15.2. The molecule has 2 aromatic rings. The summed E-state index contributed by atoms with van der Waals surface area (Å²) in [7, 11) is 0. The highest BCUT2D eigenvalue weighted by Crippen LogP contribution is 2.09. The van der Waals surface area contributed by atoms with Crippen LogP contribution in [0.25, 0.3) is 5.52 Å². The molecule has 4 nitrogen and oxygen atoms in total. The molecule has 0 aliphatic carbocycles. The van der Waals surface area contributed by atoms with Gasteiger partial charge in [-0.3, -0.25) is 4.90 Å². The van der Waals surface area contributed by atoms with Gasteiger partial charge < -0.3 is 5.32 Å². The lowest BCUT2D eigenvalue weighted by atomic mass is 10.2. The smallest absolute Gasteiger partial charge is 0.0664 e. The van der Waals surface area contributed by atoms with Gasteiger partial charge in [0.05, 0.1) is 5.52 Å². The molecule has 0 spiro atoms. The highest BCUT2D eigenvalue weighted by Gasteiger charge is 2.09. The zero-order valence-corrected chi connectivity index (χ0v) is 9.26. The topological polar surface area (TPSA) is 32.6 Å². The lowest BCUT2D eigenvalue weighted by Crippen LogP contribution is -2.42. The third-order valence-electron chi connectivity index (χ3n) is 3.08. The number of piperazine rings is 1. The molecule has 0 unspecified atom stereocenters. The van der Waals surface area contributed by atoms with Gasteiger partial charge in [0.2, 0.25) is 0 Å². The predicted molar refractivity (Wildman–Crippen MR) is 63.3 cm³/mol. The summed E-state index contributed by atoms with van der Waals surface area (Å²) in [5.74, 6) is 0. The third-order valence-corrected chi connectivity index (χ3v) is 3.08. The van der Waals surface area contributed by atoms with Gasteiger partial charge >= 0.3 is 0 Å². The minimum absolute atomic E-state index is 1.04. The molecular weight excluding hydrogens is 200 g/mol. The van der Waals surface area contributed by atoms with Crippen molar-refractivity contribution in [3.05, 3.63) is 36.2 Å². The van der Waals surface area contributed by atoms with Crippen molar-refractivity contribution in [2.75, 3.05) is 26.2 Å². The van der Waals surface area contributed by atoms with E-state index in [-0.39, 0.29) is 0 Å². The normalized spacial score (nSPS) is 18.0. The second kappa shape index (κ2) is 4.23. The number of fused-ring (bicyclic) bond motifs is 1. The summed E-state index contributed by atoms with van der Waals surface area (Å²) in [5, 5.41) is 7.57. The molecule has 1 N–H and O–H groups in total. The second-order valence-electron chi connectivity index (χ2n) is 4.26. The Morgan fingerprint density at radius 1 is 1.25 bits per heavy atom. The van der Waals surface area contributed by atoms with Crippen LogP contribution in [0, 0.1) is 0 Å². The van der Waals surface area contributed by atoms with E-state index in [1.807, 2.05) is 23.0 Å². The zero-order valence-electron chi connectivity index (χ0n) is 9.26. The van der Waals surface area contributed by atoms with Gasteiger partial charge in [-0.1, -0.05) is 0 Å². The SMILES string of the molecule is c1cc2cc(CN3CCNCC3)ccn2n1. The average Bonchev–Trinajstić information content (AvgIpc) is 2.77. The summed E-state index contributed by atoms with van der Waals surface area (Å²) in [5.41, 5.74) is 2.54. The van der Waals surface area contributed by atoms with E-state index in [0.29, 0.717) is 0 Å². The largest absolute Gasteiger partial charge is 0.314 e. The Hall–Kier alpha value is -1.39. The van der Waals surface area contributed by atoms with Crippen molar-refractivity contribution in [2.24, 2.45) is 0 Å². The molecule has 0 saturated carbocycles. The van der Waals surface area contributed by atoms with Crippen LogP contribution >= 0.6 is 0 Å². The minimum Gasteiger partial charge on any atom is -0.314 e. The van der Waals surface area contributed by atoms with E-state index >= 15 is 0 Å². The molecule has 1 saturated heterocycles. The van der Waals surface area contributed by atoms with Gasteiger partial charge in [-0.25, -0.2) is 4.52 Å². The van der Waals surface area contributed by atoms with E-state index in [0.717, 1.165) is 32.7 Å². The molecule has 84 valence electrons. The van der Waals surface area contributed by atoms with Gasteiger partial charge in [0, 0.05) is 45.1 Å². The van der Waals surface area contributed by atoms with Crippen molar-refractivity contribution in [2.45, 2.75) is 6.54 Å². The number of aromatic nitrogens is 2. The van der Waals surface area contributed by atoms with Crippen molar-refractivity contribution in [3.63, 3.8) is 0 Å². The molecule has 1 aliphatic rings. The molecule has 1 aliphatic heterocycles. The number of pyridine rings is 1. The van der Waals surface area contributed by atoms with Crippen LogP contribution in [0.3, 0.4) is 0 Å². The van der Waals surface area contributed by atoms with Gasteiger partial charge in [0.1, 0.15) is 0 Å². The maximum atomic E-state index is 4.20. The minimum atomic E-state index is 1.04. The van der Waals surface area contributed by atoms with Crippen molar-refractivity contribution >= 4 is 5.52 Å². The summed E-state index contributed by atoms with van der Waals surface area (Å²) >= 11 is 0. The van der Waals surface area contributed by atoms with Gasteiger partial charge in [0.15, 0.2) is 0 Å². The Bertz CT molecular complexity index is 471. The van der Waals surface area contributed by atoms with E-state index in [2.05, 4.69) is 27.4 Å². The Balaban J connectivity index is 1.77. The third kappa shape index (κ3) is 1.94. The number of nitrogens with zero attached hydrogens (tertiary/aromatic N) is 3. The van der Waals surface area contributed by atoms with E-state index in [4.69, 9.17) is 0 Å². The van der Waals surface area contributed by atoms with Crippen molar-refractivity contribution in [1.29, 1.82) is 0 Å². The zero-order chi connectivity index (χ0) is 10.8. The van der Waals surface area contributed by atoms with Crippen molar-refractivity contribution in [3.8, 4) is 0 Å². The standard InChI is InChI=1S/C12H16N4/c1-3-14-16-6-2-11(9-12(1)16)10-15-7-4-13-5-8-15/h1-3,6,9,13H,4-5,7-8,10H2. The lowest BCUT2D eigenvalue weighted by molar-refractivity contribution is 0.233. The van der Waals surface area contributed by atoms with Crippen LogP contribution in [0.5, 0.6) is 0 Å². The van der Waals surface area contributed by atoms with Crippen molar-refractivity contribution < 1.29 is 0 Å². The molecule has 0 atom stereocenters. The summed E-state index contributed by atoms with van der Waals surface area (Å²) in [6, 6.07) is 6.42. The Morgan fingerprint density at radius 2 is 2.12 bits per heavy atom. The van der Waals surface area contributed by atoms with E-state index in [1.54, 1.807) is 0 Å². The van der Waals surface area contributed by atoms with Crippen LogP contribution in [0.4, 0.5) is 0 Å². The fraction of sp³-hybridized carbons (Fsp3) is 0.417. The molecule has 0 radical (unpaired) electrons. The number of rotatable bonds is 2. The first-order chi connectivity index (χ1) is 7.92. The van der Waals surface area contributed by atoms with Crippen molar-refractivity contribution in [1.82, 2.24) is 19.8 Å². The molecule has 2 aromatic heterocycles. The Labute approximate surface area is 94.9 Å². The summed E-state index contributed by atoms with van der Waals surface area (Å²) < 4.78 is 1.90. The lowest BCUT2D eigenvalue weighted by Gasteiger charge is -2.27. The fourth-order valence-electron chi connectivity index (χ4n) is 2.19. The Kier molecular flexibility index (Phi) is 2.60. The maximum absolute atomic E-state index is 4.20. The summed E-state index contributed by atoms with van der Waals surface area (Å²) in [6.45, 7) is 5.54. The average molecular weight is 216 g/mol. The first-order valence-electron chi connectivity index (χ1n) is 5.77. The van der Waals surface area contributed by atoms with Crippen LogP contribution in [-0.4, -0.2) is 40.7 Å². The molecule has 0 amide bonds. The Morgan fingerprint density at radius 3 is 3.00 bits per heavy atom. The van der Waals surface area contributed by atoms with Gasteiger partial charge in [0.25, 0.3) is 0 Å². The number of hydrogen-bond acceptors (Lipinski definition) is 3. The first kappa shape index (κ1) is 9.81. The van der Waals surface area contributed by atoms with Crippen LogP contribution in [0.15, 0.2) is 30.6 Å². The quantitative estimate of drug-likeness (QED) is 0.803. The highest BCUT2D eigenvalue weighted by molar-refractivity contribution is 5.47. The second-order valence-corrected chi connectivity index (χ2v) is 4.26. The van der Waals surface area contributed by atoms with Crippen LogP contribution in [0.2, 0.25) is 0 Å². The summed E-state index contributed by atoms with van der Waals surface area (Å²) in [4.78, 5) is 2.48. The molecule has 0 bridgehead atoms. The molecule has 3 heterocycles. The fourth-order valence-corrected chi connectivity index (χ4v) is 2.19. The van der Waals surface area contributed by atoms with E-state index < -0.39 is 0 Å². The summed E-state index contributed by atoms with van der Waals surface area (Å²) in [6.07, 6.45) is 3.87.